The maximum Gasteiger partial charge on any atom is 0.407 e. The quantitative estimate of drug-likeness (QED) is 0.0462. The van der Waals surface area contributed by atoms with Crippen molar-refractivity contribution >= 4 is 47.4 Å². The molecule has 0 aromatic heterocycles. The molecule has 0 heterocycles. The van der Waals surface area contributed by atoms with E-state index >= 15 is 0 Å². The Morgan fingerprint density at radius 3 is 1.41 bits per heavy atom. The number of likely N-dealkylation sites (N-methyl/N-ethyl adjacent to an activating group) is 5. The third-order valence-corrected chi connectivity index (χ3v) is 11.7. The zero-order valence-corrected chi connectivity index (χ0v) is 44.8. The topological polar surface area (TPSA) is 306 Å². The highest BCUT2D eigenvalue weighted by Crippen LogP contribution is 2.44. The van der Waals surface area contributed by atoms with Gasteiger partial charge in [0, 0.05) is 54.2 Å². The number of nitrogens with one attached hydrogen (secondary N) is 3. The number of rotatable bonds is 39. The van der Waals surface area contributed by atoms with Gasteiger partial charge in [0.2, 0.25) is 41.4 Å². The zero-order valence-electron chi connectivity index (χ0n) is 44.8. The predicted octanol–water partition coefficient (Wildman–Crippen LogP) is -1.78. The largest absolute Gasteiger partial charge is 0.449 e. The second-order valence-corrected chi connectivity index (χ2v) is 17.7. The molecule has 1 unspecified atom stereocenters. The molecule has 76 heavy (non-hydrogen) atoms. The maximum atomic E-state index is 13.5. The first kappa shape index (κ1) is 64.0. The predicted molar refractivity (Wildman–Crippen MR) is 278 cm³/mol. The van der Waals surface area contributed by atoms with Crippen molar-refractivity contribution in [1.82, 2.24) is 40.4 Å². The Morgan fingerprint density at radius 2 is 0.921 bits per heavy atom. The molecule has 2 aromatic rings. The Bertz CT molecular complexity index is 2090. The summed E-state index contributed by atoms with van der Waals surface area (Å²) in [7, 11) is 6.90. The number of hydrogen-bond acceptors (Lipinski definition) is 17. The minimum Gasteiger partial charge on any atom is -0.449 e. The molecule has 1 atom stereocenters. The van der Waals surface area contributed by atoms with Crippen LogP contribution in [-0.2, 0) is 66.7 Å². The highest BCUT2D eigenvalue weighted by molar-refractivity contribution is 5.94. The molecule has 0 radical (unpaired) electrons. The summed E-state index contributed by atoms with van der Waals surface area (Å²) in [4.78, 5) is 109. The summed E-state index contributed by atoms with van der Waals surface area (Å²) in [6.45, 7) is 3.50. The Labute approximate surface area is 445 Å². The van der Waals surface area contributed by atoms with Gasteiger partial charge in [-0.05, 0) is 41.6 Å². The van der Waals surface area contributed by atoms with Crippen molar-refractivity contribution in [3.63, 3.8) is 0 Å². The third-order valence-electron chi connectivity index (χ3n) is 11.7. The van der Waals surface area contributed by atoms with E-state index in [2.05, 4.69) is 16.0 Å². The molecule has 0 saturated heterocycles. The van der Waals surface area contributed by atoms with Crippen molar-refractivity contribution < 1.29 is 71.5 Å². The zero-order chi connectivity index (χ0) is 55.7. The Kier molecular flexibility index (Phi) is 30.8. The van der Waals surface area contributed by atoms with Crippen molar-refractivity contribution in [3.8, 4) is 11.1 Å². The average molecular weight is 1070 g/mol. The Morgan fingerprint density at radius 1 is 0.500 bits per heavy atom. The van der Waals surface area contributed by atoms with Gasteiger partial charge in [-0.3, -0.25) is 33.6 Å². The van der Waals surface area contributed by atoms with Gasteiger partial charge < -0.3 is 85.1 Å². The highest BCUT2D eigenvalue weighted by atomic mass is 16.6. The monoisotopic (exact) mass is 1070 g/mol. The number of carbonyl (C=O) groups excluding carboxylic acids is 8. The fourth-order valence-electron chi connectivity index (χ4n) is 7.45. The van der Waals surface area contributed by atoms with E-state index in [0.29, 0.717) is 85.6 Å². The van der Waals surface area contributed by atoms with Crippen molar-refractivity contribution in [2.45, 2.75) is 24.8 Å². The molecule has 25 nitrogen and oxygen atoms in total. The van der Waals surface area contributed by atoms with Crippen LogP contribution in [-0.4, -0.2) is 258 Å². The molecule has 0 fully saturated rings. The third kappa shape index (κ3) is 24.1. The van der Waals surface area contributed by atoms with Crippen LogP contribution in [0.5, 0.6) is 0 Å². The number of carbonyl (C=O) groups is 8. The van der Waals surface area contributed by atoms with Crippen molar-refractivity contribution in [2.75, 3.05) is 180 Å². The SMILES string of the molecule is CN(CC(=O)NCCOCCOCCOCCOCCOCCOCCN)C(=O)CN(C)C(=O)CN(C)C(=O)C(CCCN)NC(=O)CN(C)C(=O)CN(C)C(=O)CNC(=O)OCC1c2ccccc2-c2ccccc21. The van der Waals surface area contributed by atoms with E-state index in [4.69, 9.17) is 44.6 Å². The molecular formula is C51H80N10O15. The first-order valence-electron chi connectivity index (χ1n) is 25.3. The van der Waals surface area contributed by atoms with E-state index in [-0.39, 0.29) is 51.7 Å². The van der Waals surface area contributed by atoms with E-state index in [1.165, 1.54) is 35.2 Å². The summed E-state index contributed by atoms with van der Waals surface area (Å²) >= 11 is 0. The van der Waals surface area contributed by atoms with Crippen LogP contribution >= 0.6 is 0 Å². The second kappa shape index (κ2) is 36.6. The number of ether oxygens (including phenoxy) is 7. The van der Waals surface area contributed by atoms with Gasteiger partial charge in [-0.15, -0.1) is 0 Å². The molecule has 2 aromatic carbocycles. The van der Waals surface area contributed by atoms with E-state index in [0.717, 1.165) is 46.8 Å². The molecular weight excluding hydrogens is 993 g/mol. The smallest absolute Gasteiger partial charge is 0.407 e. The Balaban J connectivity index is 1.27. The number of benzene rings is 2. The van der Waals surface area contributed by atoms with Gasteiger partial charge in [0.15, 0.2) is 0 Å². The van der Waals surface area contributed by atoms with Gasteiger partial charge in [-0.25, -0.2) is 4.79 Å². The van der Waals surface area contributed by atoms with Crippen LogP contribution in [0.4, 0.5) is 4.79 Å². The minimum atomic E-state index is -1.10. The van der Waals surface area contributed by atoms with Crippen molar-refractivity contribution in [3.05, 3.63) is 59.7 Å². The van der Waals surface area contributed by atoms with Gasteiger partial charge in [-0.2, -0.15) is 0 Å². The first-order chi connectivity index (χ1) is 36.6. The van der Waals surface area contributed by atoms with Gasteiger partial charge >= 0.3 is 6.09 Å². The van der Waals surface area contributed by atoms with Crippen LogP contribution in [0.25, 0.3) is 11.1 Å². The normalized spacial score (nSPS) is 11.9. The summed E-state index contributed by atoms with van der Waals surface area (Å²) in [5, 5.41) is 7.71. The molecule has 0 spiro atoms. The van der Waals surface area contributed by atoms with Crippen LogP contribution < -0.4 is 27.4 Å². The van der Waals surface area contributed by atoms with Crippen LogP contribution in [0.3, 0.4) is 0 Å². The number of alkyl carbamates (subject to hydrolysis) is 1. The van der Waals surface area contributed by atoms with E-state index < -0.39 is 79.7 Å². The lowest BCUT2D eigenvalue weighted by atomic mass is 9.98. The highest BCUT2D eigenvalue weighted by Gasteiger charge is 2.30. The minimum absolute atomic E-state index is 0.0611. The molecule has 8 amide bonds. The first-order valence-corrected chi connectivity index (χ1v) is 25.3. The van der Waals surface area contributed by atoms with E-state index in [1.54, 1.807) is 0 Å². The van der Waals surface area contributed by atoms with E-state index in [9.17, 15) is 38.4 Å². The summed E-state index contributed by atoms with van der Waals surface area (Å²) in [5.41, 5.74) is 15.3. The molecule has 0 saturated carbocycles. The second-order valence-electron chi connectivity index (χ2n) is 17.7. The van der Waals surface area contributed by atoms with Crippen molar-refractivity contribution in [1.29, 1.82) is 0 Å². The van der Waals surface area contributed by atoms with Crippen LogP contribution in [0.15, 0.2) is 48.5 Å². The molecule has 424 valence electrons. The van der Waals surface area contributed by atoms with E-state index in [1.807, 2.05) is 48.5 Å². The summed E-state index contributed by atoms with van der Waals surface area (Å²) < 4.78 is 37.9. The molecule has 3 rings (SSSR count). The number of fused-ring (bicyclic) bond motifs is 3. The lowest BCUT2D eigenvalue weighted by Crippen LogP contribution is -2.53. The number of nitrogens with two attached hydrogens (primary N) is 2. The molecule has 1 aliphatic rings. The lowest BCUT2D eigenvalue weighted by molar-refractivity contribution is -0.144. The molecule has 0 aliphatic heterocycles. The molecule has 0 bridgehead atoms. The standard InChI is InChI=1S/C51H80N10O15/c1-57(32-44(62)54-18-20-71-22-24-73-26-28-75-30-29-74-27-25-72-23-21-70-19-17-53)48(66)35-60(4)49(67)36-61(5)50(68)43(15-10-16-52)56-45(63)33-58(2)47(65)34-59(3)46(64)31-55-51(69)76-37-42-40-13-8-6-11-38(40)39-12-7-9-14-41(39)42/h6-9,11-14,42-43H,10,15-37,52-53H2,1-5H3,(H,54,62)(H,55,69)(H,56,63). The summed E-state index contributed by atoms with van der Waals surface area (Å²) in [6.07, 6.45) is -0.314. The van der Waals surface area contributed by atoms with Crippen LogP contribution in [0.2, 0.25) is 0 Å². The fraction of sp³-hybridized carbons (Fsp3) is 0.608. The fourth-order valence-corrected chi connectivity index (χ4v) is 7.45. The number of hydrogen-bond donors (Lipinski definition) is 5. The molecule has 25 heteroatoms. The maximum absolute atomic E-state index is 13.5. The summed E-state index contributed by atoms with van der Waals surface area (Å²) in [5.74, 6) is -4.16. The number of amides is 8. The van der Waals surface area contributed by atoms with Gasteiger partial charge in [0.05, 0.1) is 112 Å². The van der Waals surface area contributed by atoms with Crippen LogP contribution in [0, 0.1) is 0 Å². The average Bonchev–Trinajstić information content (AvgIpc) is 3.73. The molecule has 1 aliphatic carbocycles. The molecule has 7 N–H and O–H groups in total. The van der Waals surface area contributed by atoms with Crippen molar-refractivity contribution in [2.24, 2.45) is 11.5 Å². The Hall–Kier alpha value is -6.32. The van der Waals surface area contributed by atoms with Gasteiger partial charge in [0.25, 0.3) is 0 Å². The number of nitrogens with zero attached hydrogens (tertiary/aromatic N) is 5. The lowest BCUT2D eigenvalue weighted by Gasteiger charge is -2.27. The van der Waals surface area contributed by atoms with Gasteiger partial charge in [0.1, 0.15) is 19.2 Å². The summed E-state index contributed by atoms with van der Waals surface area (Å²) in [6, 6.07) is 14.7. The van der Waals surface area contributed by atoms with Crippen LogP contribution in [0.1, 0.15) is 29.9 Å². The van der Waals surface area contributed by atoms with Gasteiger partial charge in [-0.1, -0.05) is 48.5 Å².